The zero-order valence-corrected chi connectivity index (χ0v) is 18.7. The quantitative estimate of drug-likeness (QED) is 0.544. The van der Waals surface area contributed by atoms with Crippen molar-refractivity contribution in [3.8, 4) is 0 Å². The van der Waals surface area contributed by atoms with Crippen LogP contribution in [0.1, 0.15) is 33.5 Å². The Morgan fingerprint density at radius 1 is 1.09 bits per heavy atom. The fraction of sp³-hybridized carbons (Fsp3) is 0.318. The Morgan fingerprint density at radius 2 is 1.80 bits per heavy atom. The smallest absolute Gasteiger partial charge is 0.374 e. The second-order valence-corrected chi connectivity index (χ2v) is 8.18. The Morgan fingerprint density at radius 3 is 2.40 bits per heavy atom. The number of aryl methyl sites for hydroxylation is 1. The highest BCUT2D eigenvalue weighted by Crippen LogP contribution is 2.49. The lowest BCUT2D eigenvalue weighted by molar-refractivity contribution is -0.275. The third kappa shape index (κ3) is 6.05. The van der Waals surface area contributed by atoms with E-state index in [2.05, 4.69) is 10.5 Å². The SMILES string of the molecule is Cc1cc(C2=NO[C@@](c3cccc(Cl)c3)(C(F)(F)F)C2)ccc1C(=O)NCC(=O)NCC(F)(F)F. The number of nitrogens with zero attached hydrogens (tertiary/aromatic N) is 1. The second kappa shape index (κ2) is 9.76. The average Bonchev–Trinajstić information content (AvgIpc) is 3.22. The number of rotatable bonds is 6. The predicted molar refractivity (Wildman–Crippen MR) is 114 cm³/mol. The van der Waals surface area contributed by atoms with Crippen LogP contribution in [0.4, 0.5) is 26.3 Å². The van der Waals surface area contributed by atoms with Gasteiger partial charge in [0, 0.05) is 22.6 Å². The number of alkyl halides is 6. The summed E-state index contributed by atoms with van der Waals surface area (Å²) in [6.07, 6.45) is -10.0. The molecule has 0 spiro atoms. The van der Waals surface area contributed by atoms with Crippen molar-refractivity contribution in [1.29, 1.82) is 0 Å². The van der Waals surface area contributed by atoms with Gasteiger partial charge in [-0.15, -0.1) is 0 Å². The van der Waals surface area contributed by atoms with Crippen LogP contribution in [0.3, 0.4) is 0 Å². The van der Waals surface area contributed by atoms with Crippen LogP contribution >= 0.6 is 11.6 Å². The van der Waals surface area contributed by atoms with E-state index in [1.54, 1.807) is 5.32 Å². The summed E-state index contributed by atoms with van der Waals surface area (Å²) >= 11 is 5.87. The zero-order valence-electron chi connectivity index (χ0n) is 18.0. The lowest BCUT2D eigenvalue weighted by Crippen LogP contribution is -2.42. The fourth-order valence-electron chi connectivity index (χ4n) is 3.41. The Hall–Kier alpha value is -3.28. The van der Waals surface area contributed by atoms with Crippen LogP contribution in [-0.4, -0.2) is 43.0 Å². The summed E-state index contributed by atoms with van der Waals surface area (Å²) in [7, 11) is 0. The van der Waals surface area contributed by atoms with Crippen molar-refractivity contribution in [2.45, 2.75) is 31.3 Å². The first-order valence-electron chi connectivity index (χ1n) is 10.0. The molecule has 1 heterocycles. The molecule has 1 atom stereocenters. The highest BCUT2D eigenvalue weighted by molar-refractivity contribution is 6.30. The molecular weight excluding hydrogens is 504 g/mol. The first-order valence-corrected chi connectivity index (χ1v) is 10.4. The van der Waals surface area contributed by atoms with Crippen molar-refractivity contribution in [2.75, 3.05) is 13.1 Å². The molecule has 0 unspecified atom stereocenters. The van der Waals surface area contributed by atoms with Crippen LogP contribution in [0.5, 0.6) is 0 Å². The number of oxime groups is 1. The maximum absolute atomic E-state index is 14.1. The molecule has 0 bridgehead atoms. The van der Waals surface area contributed by atoms with Gasteiger partial charge in [0.15, 0.2) is 0 Å². The third-order valence-corrected chi connectivity index (χ3v) is 5.41. The lowest BCUT2D eigenvalue weighted by Gasteiger charge is -2.29. The minimum Gasteiger partial charge on any atom is -0.374 e. The minimum absolute atomic E-state index is 0.0103. The molecule has 0 radical (unpaired) electrons. The maximum atomic E-state index is 14.1. The van der Waals surface area contributed by atoms with Gasteiger partial charge in [-0.1, -0.05) is 35.0 Å². The van der Waals surface area contributed by atoms with Crippen LogP contribution in [0.2, 0.25) is 5.02 Å². The summed E-state index contributed by atoms with van der Waals surface area (Å²) in [5, 5.41) is 7.56. The van der Waals surface area contributed by atoms with Crippen LogP contribution < -0.4 is 10.6 Å². The van der Waals surface area contributed by atoms with Gasteiger partial charge < -0.3 is 15.5 Å². The molecule has 1 aliphatic rings. The lowest BCUT2D eigenvalue weighted by atomic mass is 9.86. The summed E-state index contributed by atoms with van der Waals surface area (Å²) in [5.74, 6) is -1.78. The van der Waals surface area contributed by atoms with E-state index >= 15 is 0 Å². The average molecular weight is 522 g/mol. The Bertz CT molecular complexity index is 1170. The van der Waals surface area contributed by atoms with Crippen molar-refractivity contribution in [3.63, 3.8) is 0 Å². The van der Waals surface area contributed by atoms with Gasteiger partial charge in [0.25, 0.3) is 11.5 Å². The van der Waals surface area contributed by atoms with Gasteiger partial charge >= 0.3 is 12.4 Å². The van der Waals surface area contributed by atoms with E-state index < -0.39 is 49.3 Å². The molecule has 13 heteroatoms. The molecule has 0 saturated carbocycles. The van der Waals surface area contributed by atoms with Crippen molar-refractivity contribution >= 4 is 29.1 Å². The van der Waals surface area contributed by atoms with Crippen molar-refractivity contribution < 1.29 is 40.8 Å². The molecule has 2 N–H and O–H groups in total. The topological polar surface area (TPSA) is 79.8 Å². The van der Waals surface area contributed by atoms with Gasteiger partial charge in [0.2, 0.25) is 5.91 Å². The molecule has 0 aromatic heterocycles. The number of carbonyl (C=O) groups excluding carboxylic acids is 2. The van der Waals surface area contributed by atoms with Gasteiger partial charge in [0.05, 0.1) is 12.3 Å². The Kier molecular flexibility index (Phi) is 7.34. The highest BCUT2D eigenvalue weighted by atomic mass is 35.5. The molecule has 1 aliphatic heterocycles. The van der Waals surface area contributed by atoms with E-state index in [9.17, 15) is 35.9 Å². The number of hydrogen-bond acceptors (Lipinski definition) is 4. The summed E-state index contributed by atoms with van der Waals surface area (Å²) in [6.45, 7) is -0.717. The normalized spacial score (nSPS) is 18.0. The van der Waals surface area contributed by atoms with Gasteiger partial charge in [-0.3, -0.25) is 9.59 Å². The molecule has 0 aliphatic carbocycles. The van der Waals surface area contributed by atoms with Gasteiger partial charge in [0.1, 0.15) is 6.54 Å². The van der Waals surface area contributed by atoms with Crippen LogP contribution in [-0.2, 0) is 15.2 Å². The standard InChI is InChI=1S/C22H18ClF6N3O3/c1-12-7-13(5-6-16(12)19(34)30-10-18(33)31-11-21(24,25)26)17-9-20(35-32-17,22(27,28)29)14-3-2-4-15(23)8-14/h2-8H,9-11H2,1H3,(H,30,34)(H,31,33)/t20-/m0/s1. The van der Waals surface area contributed by atoms with E-state index in [1.165, 1.54) is 43.3 Å². The second-order valence-electron chi connectivity index (χ2n) is 7.75. The molecule has 2 amide bonds. The molecule has 0 saturated heterocycles. The van der Waals surface area contributed by atoms with Gasteiger partial charge in [-0.05, 0) is 42.3 Å². The minimum atomic E-state index is -4.81. The van der Waals surface area contributed by atoms with Crippen molar-refractivity contribution in [1.82, 2.24) is 10.6 Å². The highest BCUT2D eigenvalue weighted by Gasteiger charge is 2.62. The number of benzene rings is 2. The number of halogens is 7. The van der Waals surface area contributed by atoms with E-state index in [-0.39, 0.29) is 27.4 Å². The Labute approximate surface area is 200 Å². The monoisotopic (exact) mass is 521 g/mol. The molecule has 3 rings (SSSR count). The van der Waals surface area contributed by atoms with E-state index in [0.29, 0.717) is 5.56 Å². The molecule has 35 heavy (non-hydrogen) atoms. The Balaban J connectivity index is 1.73. The van der Waals surface area contributed by atoms with E-state index in [4.69, 9.17) is 16.4 Å². The molecule has 0 fully saturated rings. The molecule has 6 nitrogen and oxygen atoms in total. The van der Waals surface area contributed by atoms with E-state index in [1.807, 2.05) is 0 Å². The predicted octanol–water partition coefficient (Wildman–Crippen LogP) is 4.64. The van der Waals surface area contributed by atoms with Gasteiger partial charge in [-0.2, -0.15) is 26.3 Å². The molecule has 188 valence electrons. The maximum Gasteiger partial charge on any atom is 0.435 e. The van der Waals surface area contributed by atoms with Crippen LogP contribution in [0.25, 0.3) is 0 Å². The number of hydrogen-bond donors (Lipinski definition) is 2. The number of nitrogens with one attached hydrogen (secondary N) is 2. The summed E-state index contributed by atoms with van der Waals surface area (Å²) in [4.78, 5) is 28.7. The fourth-order valence-corrected chi connectivity index (χ4v) is 3.60. The first kappa shape index (κ1) is 26.3. The van der Waals surface area contributed by atoms with Crippen LogP contribution in [0.15, 0.2) is 47.6 Å². The van der Waals surface area contributed by atoms with Gasteiger partial charge in [-0.25, -0.2) is 0 Å². The number of amides is 2. The first-order chi connectivity index (χ1) is 16.2. The molecule has 2 aromatic rings. The third-order valence-electron chi connectivity index (χ3n) is 5.18. The zero-order chi connectivity index (χ0) is 26.0. The van der Waals surface area contributed by atoms with E-state index in [0.717, 1.165) is 6.07 Å². The van der Waals surface area contributed by atoms with Crippen LogP contribution in [0, 0.1) is 6.92 Å². The molecular formula is C22H18ClF6N3O3. The summed E-state index contributed by atoms with van der Waals surface area (Å²) in [5.41, 5.74) is -2.27. The summed E-state index contributed by atoms with van der Waals surface area (Å²) < 4.78 is 78.6. The summed E-state index contributed by atoms with van der Waals surface area (Å²) in [6, 6.07) is 9.28. The number of carbonyl (C=O) groups is 2. The van der Waals surface area contributed by atoms with Crippen molar-refractivity contribution in [2.24, 2.45) is 5.16 Å². The van der Waals surface area contributed by atoms with Crippen molar-refractivity contribution in [3.05, 3.63) is 69.7 Å². The molecule has 2 aromatic carbocycles. The largest absolute Gasteiger partial charge is 0.435 e.